The van der Waals surface area contributed by atoms with E-state index in [1.54, 1.807) is 11.3 Å². The average Bonchev–Trinajstić information content (AvgIpc) is 2.84. The summed E-state index contributed by atoms with van der Waals surface area (Å²) in [6.45, 7) is 1.92. The molecule has 80 valence electrons. The van der Waals surface area contributed by atoms with E-state index < -0.39 is 0 Å². The van der Waals surface area contributed by atoms with Crippen LogP contribution in [0.5, 0.6) is 0 Å². The normalized spacial score (nSPS) is 26.5. The molecule has 0 amide bonds. The fourth-order valence-corrected chi connectivity index (χ4v) is 3.17. The Kier molecular flexibility index (Phi) is 2.00. The number of hydrogen-bond acceptors (Lipinski definition) is 5. The summed E-state index contributed by atoms with van der Waals surface area (Å²) in [6.07, 6.45) is 3.33. The molecule has 0 bridgehead atoms. The third kappa shape index (κ3) is 1.44. The maximum Gasteiger partial charge on any atom is 0.234 e. The summed E-state index contributed by atoms with van der Waals surface area (Å²) >= 11 is 1.64. The zero-order valence-electron chi connectivity index (χ0n) is 8.55. The molecule has 2 aromatic heterocycles. The van der Waals surface area contributed by atoms with E-state index in [9.17, 15) is 0 Å². The lowest BCUT2D eigenvalue weighted by Crippen LogP contribution is -2.14. The van der Waals surface area contributed by atoms with Gasteiger partial charge in [0.25, 0.3) is 0 Å². The highest BCUT2D eigenvalue weighted by atomic mass is 32.1. The Balaban J connectivity index is 1.98. The summed E-state index contributed by atoms with van der Waals surface area (Å²) in [7, 11) is 0. The second kappa shape index (κ2) is 3.24. The topological polar surface area (TPSA) is 69.1 Å². The second-order valence-corrected chi connectivity index (χ2v) is 5.14. The van der Waals surface area contributed by atoms with Crippen LogP contribution in [0.2, 0.25) is 0 Å². The Hall–Kier alpha value is -1.01. The molecule has 6 heteroatoms. The van der Waals surface area contributed by atoms with E-state index in [1.165, 1.54) is 0 Å². The zero-order chi connectivity index (χ0) is 10.4. The third-order valence-corrected chi connectivity index (χ3v) is 4.05. The molecule has 2 aromatic rings. The van der Waals surface area contributed by atoms with Crippen molar-refractivity contribution in [3.05, 3.63) is 10.8 Å². The molecule has 1 aliphatic carbocycles. The SMILES string of the molecule is Cc1nnc2sc([C@@H]3CC[C@H](N)C3)nn12. The van der Waals surface area contributed by atoms with Crippen LogP contribution in [0, 0.1) is 6.92 Å². The Morgan fingerprint density at radius 2 is 2.27 bits per heavy atom. The molecule has 0 spiro atoms. The highest BCUT2D eigenvalue weighted by molar-refractivity contribution is 7.16. The Labute approximate surface area is 91.3 Å². The minimum Gasteiger partial charge on any atom is -0.328 e. The molecular formula is C9H13N5S. The van der Waals surface area contributed by atoms with Gasteiger partial charge in [0.15, 0.2) is 5.82 Å². The molecule has 2 heterocycles. The minimum atomic E-state index is 0.352. The van der Waals surface area contributed by atoms with E-state index in [4.69, 9.17) is 5.73 Å². The second-order valence-electron chi connectivity index (χ2n) is 4.15. The van der Waals surface area contributed by atoms with Crippen LogP contribution in [0.25, 0.3) is 4.96 Å². The van der Waals surface area contributed by atoms with Gasteiger partial charge in [0.1, 0.15) is 5.01 Å². The van der Waals surface area contributed by atoms with Gasteiger partial charge in [0, 0.05) is 12.0 Å². The van der Waals surface area contributed by atoms with Crippen molar-refractivity contribution in [2.45, 2.75) is 38.1 Å². The van der Waals surface area contributed by atoms with Crippen LogP contribution < -0.4 is 5.73 Å². The summed E-state index contributed by atoms with van der Waals surface area (Å²) in [6, 6.07) is 0.352. The maximum absolute atomic E-state index is 5.90. The van der Waals surface area contributed by atoms with Crippen LogP contribution in [0.1, 0.15) is 36.0 Å². The Bertz CT molecular complexity index is 488. The Morgan fingerprint density at radius 3 is 2.93 bits per heavy atom. The summed E-state index contributed by atoms with van der Waals surface area (Å²) in [4.78, 5) is 0.892. The largest absolute Gasteiger partial charge is 0.328 e. The minimum absolute atomic E-state index is 0.352. The van der Waals surface area contributed by atoms with E-state index in [-0.39, 0.29) is 0 Å². The van der Waals surface area contributed by atoms with Crippen molar-refractivity contribution < 1.29 is 0 Å². The van der Waals surface area contributed by atoms with Crippen LogP contribution in [0.4, 0.5) is 0 Å². The first-order valence-corrected chi connectivity index (χ1v) is 6.00. The van der Waals surface area contributed by atoms with Crippen LogP contribution in [-0.4, -0.2) is 25.9 Å². The number of hydrogen-bond donors (Lipinski definition) is 1. The number of aromatic nitrogens is 4. The van der Waals surface area contributed by atoms with E-state index in [0.717, 1.165) is 35.1 Å². The van der Waals surface area contributed by atoms with Gasteiger partial charge in [-0.3, -0.25) is 0 Å². The highest BCUT2D eigenvalue weighted by Gasteiger charge is 2.26. The van der Waals surface area contributed by atoms with E-state index in [2.05, 4.69) is 15.3 Å². The fraction of sp³-hybridized carbons (Fsp3) is 0.667. The number of rotatable bonds is 1. The predicted octanol–water partition coefficient (Wildman–Crippen LogP) is 1.09. The lowest BCUT2D eigenvalue weighted by molar-refractivity contribution is 0.660. The van der Waals surface area contributed by atoms with Gasteiger partial charge in [-0.1, -0.05) is 11.3 Å². The molecule has 1 saturated carbocycles. The van der Waals surface area contributed by atoms with Crippen molar-refractivity contribution in [1.29, 1.82) is 0 Å². The first kappa shape index (κ1) is 9.23. The monoisotopic (exact) mass is 223 g/mol. The van der Waals surface area contributed by atoms with Crippen molar-refractivity contribution in [2.75, 3.05) is 0 Å². The van der Waals surface area contributed by atoms with Crippen LogP contribution in [0.3, 0.4) is 0 Å². The first-order chi connectivity index (χ1) is 7.24. The summed E-state index contributed by atoms with van der Waals surface area (Å²) < 4.78 is 1.82. The molecule has 0 saturated heterocycles. The smallest absolute Gasteiger partial charge is 0.234 e. The molecule has 5 nitrogen and oxygen atoms in total. The molecule has 0 radical (unpaired) electrons. The van der Waals surface area contributed by atoms with Crippen molar-refractivity contribution in [3.63, 3.8) is 0 Å². The lowest BCUT2D eigenvalue weighted by atomic mass is 10.1. The molecule has 0 unspecified atom stereocenters. The molecule has 0 aliphatic heterocycles. The Morgan fingerprint density at radius 1 is 1.40 bits per heavy atom. The van der Waals surface area contributed by atoms with Gasteiger partial charge >= 0.3 is 0 Å². The van der Waals surface area contributed by atoms with Crippen molar-refractivity contribution >= 4 is 16.3 Å². The van der Waals surface area contributed by atoms with Crippen molar-refractivity contribution in [1.82, 2.24) is 19.8 Å². The molecule has 15 heavy (non-hydrogen) atoms. The highest BCUT2D eigenvalue weighted by Crippen LogP contribution is 2.35. The van der Waals surface area contributed by atoms with Gasteiger partial charge in [-0.2, -0.15) is 9.61 Å². The summed E-state index contributed by atoms with van der Waals surface area (Å²) in [5.74, 6) is 1.39. The molecule has 1 fully saturated rings. The van der Waals surface area contributed by atoms with Gasteiger partial charge in [-0.05, 0) is 26.2 Å². The average molecular weight is 223 g/mol. The van der Waals surface area contributed by atoms with E-state index >= 15 is 0 Å². The van der Waals surface area contributed by atoms with Gasteiger partial charge in [-0.25, -0.2) is 0 Å². The van der Waals surface area contributed by atoms with Gasteiger partial charge < -0.3 is 5.73 Å². The van der Waals surface area contributed by atoms with Gasteiger partial charge in [0.2, 0.25) is 4.96 Å². The zero-order valence-corrected chi connectivity index (χ0v) is 9.37. The lowest BCUT2D eigenvalue weighted by Gasteiger charge is -2.02. The number of fused-ring (bicyclic) bond motifs is 1. The van der Waals surface area contributed by atoms with Gasteiger partial charge in [-0.15, -0.1) is 10.2 Å². The standard InChI is InChI=1S/C9H13N5S/c1-5-11-12-9-14(5)13-8(15-9)6-2-3-7(10)4-6/h6-7H,2-4,10H2,1H3/t6-,7+/m1/s1. The molecular weight excluding hydrogens is 210 g/mol. The van der Waals surface area contributed by atoms with Crippen molar-refractivity contribution in [3.8, 4) is 0 Å². The molecule has 3 rings (SSSR count). The van der Waals surface area contributed by atoms with Crippen LogP contribution >= 0.6 is 11.3 Å². The van der Waals surface area contributed by atoms with Crippen LogP contribution in [0.15, 0.2) is 0 Å². The number of nitrogens with two attached hydrogens (primary N) is 1. The van der Waals surface area contributed by atoms with E-state index in [0.29, 0.717) is 12.0 Å². The van der Waals surface area contributed by atoms with E-state index in [1.807, 2.05) is 11.4 Å². The summed E-state index contributed by atoms with van der Waals surface area (Å²) in [5, 5.41) is 13.7. The van der Waals surface area contributed by atoms with Crippen LogP contribution in [-0.2, 0) is 0 Å². The third-order valence-electron chi connectivity index (χ3n) is 2.98. The first-order valence-electron chi connectivity index (χ1n) is 5.18. The quantitative estimate of drug-likeness (QED) is 0.785. The van der Waals surface area contributed by atoms with Gasteiger partial charge in [0.05, 0.1) is 0 Å². The summed E-state index contributed by atoms with van der Waals surface area (Å²) in [5.41, 5.74) is 5.90. The maximum atomic E-state index is 5.90. The number of aryl methyl sites for hydroxylation is 1. The number of nitrogens with zero attached hydrogens (tertiary/aromatic N) is 4. The molecule has 0 aromatic carbocycles. The predicted molar refractivity (Wildman–Crippen MR) is 58.0 cm³/mol. The molecule has 2 atom stereocenters. The fourth-order valence-electron chi connectivity index (χ4n) is 2.14. The van der Waals surface area contributed by atoms with Crippen molar-refractivity contribution in [2.24, 2.45) is 5.73 Å². The molecule has 1 aliphatic rings. The molecule has 2 N–H and O–H groups in total.